The molecule has 8 heteroatoms. The number of nitro benzene ring substituents is 1. The summed E-state index contributed by atoms with van der Waals surface area (Å²) in [4.78, 5) is 30.4. The summed E-state index contributed by atoms with van der Waals surface area (Å²) in [5, 5.41) is 15.6. The minimum atomic E-state index is -0.453. The average Bonchev–Trinajstić information content (AvgIpc) is 3.04. The number of rotatable bonds is 4. The summed E-state index contributed by atoms with van der Waals surface area (Å²) in [7, 11) is 0. The van der Waals surface area contributed by atoms with Crippen LogP contribution in [-0.4, -0.2) is 20.8 Å². The van der Waals surface area contributed by atoms with E-state index < -0.39 is 4.92 Å². The summed E-state index contributed by atoms with van der Waals surface area (Å²) in [6.07, 6.45) is 3.08. The van der Waals surface area contributed by atoms with E-state index in [0.717, 1.165) is 5.56 Å². The molecule has 0 unspecified atom stereocenters. The highest BCUT2D eigenvalue weighted by atomic mass is 32.1. The molecule has 23 heavy (non-hydrogen) atoms. The van der Waals surface area contributed by atoms with Gasteiger partial charge < -0.3 is 0 Å². The maximum atomic E-state index is 12.0. The van der Waals surface area contributed by atoms with Gasteiger partial charge in [0.1, 0.15) is 0 Å². The van der Waals surface area contributed by atoms with Crippen molar-refractivity contribution in [2.45, 2.75) is 0 Å². The van der Waals surface area contributed by atoms with E-state index >= 15 is 0 Å². The number of hydrogen-bond donors (Lipinski definition) is 1. The molecule has 2 aromatic heterocycles. The summed E-state index contributed by atoms with van der Waals surface area (Å²) in [6, 6.07) is 9.32. The van der Waals surface area contributed by atoms with Crippen LogP contribution in [-0.2, 0) is 0 Å². The quantitative estimate of drug-likeness (QED) is 0.585. The molecule has 0 saturated heterocycles. The summed E-state index contributed by atoms with van der Waals surface area (Å²) in [5.41, 5.74) is 1.91. The molecule has 2 heterocycles. The molecule has 0 spiro atoms. The molecule has 0 aliphatic heterocycles. The van der Waals surface area contributed by atoms with Gasteiger partial charge in [0.05, 0.1) is 10.6 Å². The maximum Gasteiger partial charge on any atom is 0.269 e. The predicted octanol–water partition coefficient (Wildman–Crippen LogP) is 3.37. The van der Waals surface area contributed by atoms with Crippen molar-refractivity contribution in [2.75, 3.05) is 5.32 Å². The van der Waals surface area contributed by atoms with Gasteiger partial charge in [-0.3, -0.25) is 25.2 Å². The third-order valence-electron chi connectivity index (χ3n) is 3.04. The zero-order valence-corrected chi connectivity index (χ0v) is 12.5. The molecule has 0 bridgehead atoms. The van der Waals surface area contributed by atoms with Crippen molar-refractivity contribution in [3.63, 3.8) is 0 Å². The Morgan fingerprint density at radius 1 is 1.13 bits per heavy atom. The number of thiazole rings is 1. The maximum absolute atomic E-state index is 12.0. The van der Waals surface area contributed by atoms with E-state index in [2.05, 4.69) is 15.3 Å². The first kappa shape index (κ1) is 14.8. The highest BCUT2D eigenvalue weighted by Gasteiger charge is 2.11. The number of aromatic nitrogens is 2. The molecule has 0 atom stereocenters. The van der Waals surface area contributed by atoms with Gasteiger partial charge in [0, 0.05) is 41.0 Å². The number of amides is 1. The Balaban J connectivity index is 1.75. The summed E-state index contributed by atoms with van der Waals surface area (Å²) in [5.74, 6) is -0.267. The van der Waals surface area contributed by atoms with Crippen LogP contribution >= 0.6 is 11.3 Å². The molecule has 114 valence electrons. The first-order valence-electron chi connectivity index (χ1n) is 6.55. The molecule has 3 rings (SSSR count). The molecule has 0 aliphatic rings. The molecular weight excluding hydrogens is 316 g/mol. The first-order chi connectivity index (χ1) is 11.1. The lowest BCUT2D eigenvalue weighted by Crippen LogP contribution is -2.11. The van der Waals surface area contributed by atoms with Gasteiger partial charge in [0.25, 0.3) is 11.6 Å². The van der Waals surface area contributed by atoms with Crippen LogP contribution in [0.1, 0.15) is 10.4 Å². The van der Waals surface area contributed by atoms with Gasteiger partial charge in [0.2, 0.25) is 0 Å². The van der Waals surface area contributed by atoms with Gasteiger partial charge in [-0.25, -0.2) is 4.98 Å². The molecule has 3 aromatic rings. The van der Waals surface area contributed by atoms with Crippen molar-refractivity contribution in [1.29, 1.82) is 0 Å². The molecule has 0 fully saturated rings. The Morgan fingerprint density at radius 3 is 2.48 bits per heavy atom. The highest BCUT2D eigenvalue weighted by Crippen LogP contribution is 2.26. The van der Waals surface area contributed by atoms with Crippen LogP contribution in [0.4, 0.5) is 10.8 Å². The van der Waals surface area contributed by atoms with Crippen LogP contribution in [0, 0.1) is 10.1 Å². The molecule has 1 amide bonds. The Morgan fingerprint density at radius 2 is 1.83 bits per heavy atom. The molecular formula is C15H10N4O3S. The van der Waals surface area contributed by atoms with Crippen molar-refractivity contribution < 1.29 is 9.72 Å². The number of nitrogens with zero attached hydrogens (tertiary/aromatic N) is 3. The van der Waals surface area contributed by atoms with E-state index in [4.69, 9.17) is 0 Å². The van der Waals surface area contributed by atoms with E-state index in [1.807, 2.05) is 0 Å². The van der Waals surface area contributed by atoms with E-state index in [9.17, 15) is 14.9 Å². The number of hydrogen-bond acceptors (Lipinski definition) is 6. The van der Waals surface area contributed by atoms with Crippen LogP contribution in [0.25, 0.3) is 11.3 Å². The van der Waals surface area contributed by atoms with Crippen molar-refractivity contribution in [2.24, 2.45) is 0 Å². The van der Waals surface area contributed by atoms with Crippen LogP contribution < -0.4 is 5.32 Å². The van der Waals surface area contributed by atoms with Crippen molar-refractivity contribution in [1.82, 2.24) is 9.97 Å². The van der Waals surface area contributed by atoms with Crippen molar-refractivity contribution in [3.05, 3.63) is 69.8 Å². The summed E-state index contributed by atoms with van der Waals surface area (Å²) in [6.45, 7) is 0. The number of pyridine rings is 1. The van der Waals surface area contributed by atoms with Crippen molar-refractivity contribution in [3.8, 4) is 11.3 Å². The number of nitrogens with one attached hydrogen (secondary N) is 1. The van der Waals surface area contributed by atoms with E-state index in [-0.39, 0.29) is 11.6 Å². The average molecular weight is 326 g/mol. The van der Waals surface area contributed by atoms with E-state index in [1.54, 1.807) is 42.0 Å². The minimum absolute atomic E-state index is 0.0233. The second-order valence-corrected chi connectivity index (χ2v) is 5.39. The Labute approximate surface area is 134 Å². The Bertz CT molecular complexity index is 847. The first-order valence-corrected chi connectivity index (χ1v) is 7.43. The third kappa shape index (κ3) is 3.38. The van der Waals surface area contributed by atoms with Gasteiger partial charge >= 0.3 is 0 Å². The molecule has 0 saturated carbocycles. The van der Waals surface area contributed by atoms with Crippen LogP contribution in [0.3, 0.4) is 0 Å². The number of carbonyl (C=O) groups is 1. The van der Waals surface area contributed by atoms with Crippen molar-refractivity contribution >= 4 is 28.1 Å². The summed E-state index contributed by atoms with van der Waals surface area (Å²) < 4.78 is 0. The number of nitro groups is 1. The summed E-state index contributed by atoms with van der Waals surface area (Å²) >= 11 is 1.29. The zero-order chi connectivity index (χ0) is 16.2. The van der Waals surface area contributed by atoms with E-state index in [0.29, 0.717) is 16.4 Å². The lowest BCUT2D eigenvalue weighted by atomic mass is 10.1. The highest BCUT2D eigenvalue weighted by molar-refractivity contribution is 7.14. The van der Waals surface area contributed by atoms with Gasteiger partial charge in [-0.2, -0.15) is 0 Å². The monoisotopic (exact) mass is 326 g/mol. The minimum Gasteiger partial charge on any atom is -0.298 e. The van der Waals surface area contributed by atoms with Gasteiger partial charge in [-0.15, -0.1) is 11.3 Å². The molecule has 0 aliphatic carbocycles. The number of anilines is 1. The Hall–Kier alpha value is -3.13. The molecule has 1 N–H and O–H groups in total. The standard InChI is InChI=1S/C15H10N4O3S/c20-14(11-5-7-16-8-6-11)18-15-17-13(9-23-15)10-1-3-12(4-2-10)19(21)22/h1-9H,(H,17,18,20). The molecule has 0 radical (unpaired) electrons. The van der Waals surface area contributed by atoms with Gasteiger partial charge in [-0.1, -0.05) is 0 Å². The topological polar surface area (TPSA) is 98.0 Å². The van der Waals surface area contributed by atoms with Crippen LogP contribution in [0.2, 0.25) is 0 Å². The largest absolute Gasteiger partial charge is 0.298 e. The van der Waals surface area contributed by atoms with Crippen LogP contribution in [0.5, 0.6) is 0 Å². The van der Waals surface area contributed by atoms with Gasteiger partial charge in [-0.05, 0) is 24.3 Å². The zero-order valence-electron chi connectivity index (χ0n) is 11.7. The van der Waals surface area contributed by atoms with E-state index in [1.165, 1.54) is 23.5 Å². The second kappa shape index (κ2) is 6.32. The second-order valence-electron chi connectivity index (χ2n) is 4.53. The number of benzene rings is 1. The third-order valence-corrected chi connectivity index (χ3v) is 3.80. The predicted molar refractivity (Wildman–Crippen MR) is 86.4 cm³/mol. The lowest BCUT2D eigenvalue weighted by molar-refractivity contribution is -0.384. The van der Waals surface area contributed by atoms with Gasteiger partial charge in [0.15, 0.2) is 5.13 Å². The number of carbonyl (C=O) groups excluding carboxylic acids is 1. The SMILES string of the molecule is O=C(Nc1nc(-c2ccc([N+](=O)[O-])cc2)cs1)c1ccncc1. The fourth-order valence-corrected chi connectivity index (χ4v) is 2.60. The fraction of sp³-hybridized carbons (Fsp3) is 0. The van der Waals surface area contributed by atoms with Crippen LogP contribution in [0.15, 0.2) is 54.2 Å². The molecule has 7 nitrogen and oxygen atoms in total. The normalized spacial score (nSPS) is 10.3. The lowest BCUT2D eigenvalue weighted by Gasteiger charge is -2.00. The molecule has 1 aromatic carbocycles. The smallest absolute Gasteiger partial charge is 0.269 e. The fourth-order valence-electron chi connectivity index (χ4n) is 1.89. The Kier molecular flexibility index (Phi) is 4.07. The number of non-ortho nitro benzene ring substituents is 1.